The highest BCUT2D eigenvalue weighted by atomic mass is 19.4. The number of carbonyl (C=O) groups is 1. The fourth-order valence-corrected chi connectivity index (χ4v) is 3.49. The van der Waals surface area contributed by atoms with Crippen molar-refractivity contribution < 1.29 is 23.1 Å². The molecule has 140 valence electrons. The van der Waals surface area contributed by atoms with Gasteiger partial charge in [-0.15, -0.1) is 0 Å². The Morgan fingerprint density at radius 2 is 2.07 bits per heavy atom. The first-order chi connectivity index (χ1) is 12.8. The van der Waals surface area contributed by atoms with Crippen LogP contribution in [0.5, 0.6) is 0 Å². The lowest BCUT2D eigenvalue weighted by Gasteiger charge is -2.35. The topological polar surface area (TPSA) is 95.0 Å². The predicted molar refractivity (Wildman–Crippen MR) is 89.3 cm³/mol. The second-order valence-corrected chi connectivity index (χ2v) is 6.39. The zero-order chi connectivity index (χ0) is 19.3. The number of aryl methyl sites for hydroxylation is 1. The Kier molecular flexibility index (Phi) is 3.79. The van der Waals surface area contributed by atoms with Gasteiger partial charge in [-0.25, -0.2) is 9.97 Å². The van der Waals surface area contributed by atoms with Crippen LogP contribution in [0, 0.1) is 6.92 Å². The number of hydrogen-bond acceptors (Lipinski definition) is 5. The molecule has 0 aliphatic carbocycles. The fourth-order valence-electron chi connectivity index (χ4n) is 3.49. The van der Waals surface area contributed by atoms with Crippen molar-refractivity contribution in [2.24, 2.45) is 0 Å². The van der Waals surface area contributed by atoms with E-state index in [1.54, 1.807) is 6.92 Å². The van der Waals surface area contributed by atoms with Crippen LogP contribution in [-0.2, 0) is 17.5 Å². The molecule has 1 aliphatic heterocycles. The number of halogens is 3. The monoisotopic (exact) mass is 377 g/mol. The van der Waals surface area contributed by atoms with E-state index < -0.39 is 23.6 Å². The SMILES string of the molecule is Cc1[nH]nc2c(N3Cc4c(cccc4C(F)(F)F)C(C(=O)O)C3)ncnc12. The molecular weight excluding hydrogens is 363 g/mol. The number of aromatic nitrogens is 4. The molecule has 3 aromatic rings. The Hall–Kier alpha value is -3.17. The summed E-state index contributed by atoms with van der Waals surface area (Å²) >= 11 is 0. The van der Waals surface area contributed by atoms with Crippen molar-refractivity contribution in [3.63, 3.8) is 0 Å². The van der Waals surface area contributed by atoms with E-state index in [0.717, 1.165) is 6.07 Å². The summed E-state index contributed by atoms with van der Waals surface area (Å²) in [5.74, 6) is -2.00. The van der Waals surface area contributed by atoms with Crippen molar-refractivity contribution in [2.45, 2.75) is 25.6 Å². The zero-order valence-electron chi connectivity index (χ0n) is 14.1. The Balaban J connectivity index is 1.88. The van der Waals surface area contributed by atoms with Gasteiger partial charge in [-0.3, -0.25) is 9.89 Å². The first-order valence-corrected chi connectivity index (χ1v) is 8.09. The molecule has 2 N–H and O–H groups in total. The maximum Gasteiger partial charge on any atom is 0.416 e. The van der Waals surface area contributed by atoms with Crippen LogP contribution in [0.2, 0.25) is 0 Å². The van der Waals surface area contributed by atoms with Crippen LogP contribution >= 0.6 is 0 Å². The number of aliphatic carboxylic acids is 1. The Morgan fingerprint density at radius 3 is 2.78 bits per heavy atom. The number of fused-ring (bicyclic) bond motifs is 2. The molecule has 0 fully saturated rings. The molecule has 0 spiro atoms. The van der Waals surface area contributed by atoms with Gasteiger partial charge in [0, 0.05) is 13.1 Å². The molecule has 2 aromatic heterocycles. The average Bonchev–Trinajstić information content (AvgIpc) is 3.00. The van der Waals surface area contributed by atoms with Crippen molar-refractivity contribution in [3.05, 3.63) is 46.9 Å². The lowest BCUT2D eigenvalue weighted by molar-refractivity contribution is -0.140. The van der Waals surface area contributed by atoms with E-state index in [0.29, 0.717) is 22.5 Å². The maximum atomic E-state index is 13.5. The number of carboxylic acids is 1. The highest BCUT2D eigenvalue weighted by molar-refractivity contribution is 5.88. The summed E-state index contributed by atoms with van der Waals surface area (Å²) in [6.45, 7) is 1.63. The highest BCUT2D eigenvalue weighted by Gasteiger charge is 2.40. The number of rotatable bonds is 2. The number of carboxylic acid groups (broad SMARTS) is 1. The van der Waals surface area contributed by atoms with Gasteiger partial charge in [-0.05, 0) is 24.1 Å². The molecule has 0 bridgehead atoms. The Bertz CT molecular complexity index is 1050. The summed E-state index contributed by atoms with van der Waals surface area (Å²) in [7, 11) is 0. The third-order valence-corrected chi connectivity index (χ3v) is 4.74. The van der Waals surface area contributed by atoms with Crippen LogP contribution in [-0.4, -0.2) is 37.8 Å². The average molecular weight is 377 g/mol. The second kappa shape index (κ2) is 5.93. The quantitative estimate of drug-likeness (QED) is 0.713. The maximum absolute atomic E-state index is 13.5. The van der Waals surface area contributed by atoms with Gasteiger partial charge in [0.2, 0.25) is 0 Å². The van der Waals surface area contributed by atoms with Crippen LogP contribution in [0.25, 0.3) is 11.0 Å². The van der Waals surface area contributed by atoms with Crippen LogP contribution in [0.3, 0.4) is 0 Å². The summed E-state index contributed by atoms with van der Waals surface area (Å²) in [5.41, 5.74) is 0.921. The van der Waals surface area contributed by atoms with E-state index in [-0.39, 0.29) is 24.2 Å². The molecule has 3 heterocycles. The predicted octanol–water partition coefficient (Wildman–Crippen LogP) is 2.87. The minimum atomic E-state index is -4.58. The number of H-pyrrole nitrogens is 1. The van der Waals surface area contributed by atoms with Crippen molar-refractivity contribution in [1.82, 2.24) is 20.2 Å². The summed E-state index contributed by atoms with van der Waals surface area (Å²) in [6, 6.07) is 3.65. The van der Waals surface area contributed by atoms with Gasteiger partial charge in [-0.1, -0.05) is 12.1 Å². The number of alkyl halides is 3. The Labute approximate surface area is 150 Å². The molecule has 4 rings (SSSR count). The molecule has 27 heavy (non-hydrogen) atoms. The van der Waals surface area contributed by atoms with Gasteiger partial charge in [0.05, 0.1) is 17.2 Å². The molecule has 0 saturated carbocycles. The minimum Gasteiger partial charge on any atom is -0.481 e. The van der Waals surface area contributed by atoms with E-state index in [2.05, 4.69) is 20.2 Å². The lowest BCUT2D eigenvalue weighted by atomic mass is 9.86. The zero-order valence-corrected chi connectivity index (χ0v) is 14.1. The standard InChI is InChI=1S/C17H14F3N5O2/c1-8-13-14(24-23-8)15(22-7-21-13)25-5-10-9(11(6-25)16(26)27)3-2-4-12(10)17(18,19)20/h2-4,7,11H,5-6H2,1H3,(H,23,24)(H,26,27). The smallest absolute Gasteiger partial charge is 0.416 e. The van der Waals surface area contributed by atoms with Crippen molar-refractivity contribution in [2.75, 3.05) is 11.4 Å². The molecule has 7 nitrogen and oxygen atoms in total. The van der Waals surface area contributed by atoms with Crippen LogP contribution in [0.15, 0.2) is 24.5 Å². The van der Waals surface area contributed by atoms with Crippen molar-refractivity contribution >= 4 is 22.8 Å². The summed E-state index contributed by atoms with van der Waals surface area (Å²) < 4.78 is 40.4. The van der Waals surface area contributed by atoms with E-state index in [4.69, 9.17) is 0 Å². The molecule has 1 atom stereocenters. The third-order valence-electron chi connectivity index (χ3n) is 4.74. The van der Waals surface area contributed by atoms with Gasteiger partial charge >= 0.3 is 12.1 Å². The molecule has 0 amide bonds. The lowest BCUT2D eigenvalue weighted by Crippen LogP contribution is -2.38. The Morgan fingerprint density at radius 1 is 1.30 bits per heavy atom. The van der Waals surface area contributed by atoms with Crippen LogP contribution in [0.1, 0.15) is 28.3 Å². The largest absolute Gasteiger partial charge is 0.481 e. The number of nitrogens with one attached hydrogen (secondary N) is 1. The number of anilines is 1. The molecule has 10 heteroatoms. The fraction of sp³-hybridized carbons (Fsp3) is 0.294. The van der Waals surface area contributed by atoms with E-state index >= 15 is 0 Å². The third kappa shape index (κ3) is 2.77. The molecule has 1 unspecified atom stereocenters. The number of aromatic amines is 1. The van der Waals surface area contributed by atoms with E-state index in [9.17, 15) is 23.1 Å². The number of hydrogen-bond donors (Lipinski definition) is 2. The molecule has 1 aliphatic rings. The molecule has 1 aromatic carbocycles. The first kappa shape index (κ1) is 17.3. The van der Waals surface area contributed by atoms with Crippen LogP contribution in [0.4, 0.5) is 19.0 Å². The van der Waals surface area contributed by atoms with Gasteiger partial charge in [0.1, 0.15) is 11.8 Å². The minimum absolute atomic E-state index is 0.0122. The van der Waals surface area contributed by atoms with Gasteiger partial charge < -0.3 is 10.0 Å². The highest BCUT2D eigenvalue weighted by Crippen LogP contribution is 2.40. The van der Waals surface area contributed by atoms with Crippen LogP contribution < -0.4 is 4.90 Å². The van der Waals surface area contributed by atoms with Crippen molar-refractivity contribution in [1.29, 1.82) is 0 Å². The van der Waals surface area contributed by atoms with Gasteiger partial charge in [-0.2, -0.15) is 18.3 Å². The van der Waals surface area contributed by atoms with Crippen molar-refractivity contribution in [3.8, 4) is 0 Å². The summed E-state index contributed by atoms with van der Waals surface area (Å²) in [5, 5.41) is 16.5. The van der Waals surface area contributed by atoms with E-state index in [1.165, 1.54) is 23.4 Å². The molecular formula is C17H14F3N5O2. The first-order valence-electron chi connectivity index (χ1n) is 8.09. The molecule has 0 saturated heterocycles. The summed E-state index contributed by atoms with van der Waals surface area (Å²) in [4.78, 5) is 21.6. The number of benzene rings is 1. The second-order valence-electron chi connectivity index (χ2n) is 6.39. The normalized spacial score (nSPS) is 17.2. The molecule has 0 radical (unpaired) electrons. The summed E-state index contributed by atoms with van der Waals surface area (Å²) in [6.07, 6.45) is -3.29. The van der Waals surface area contributed by atoms with Gasteiger partial charge in [0.15, 0.2) is 11.3 Å². The van der Waals surface area contributed by atoms with E-state index in [1.807, 2.05) is 0 Å². The van der Waals surface area contributed by atoms with Gasteiger partial charge in [0.25, 0.3) is 0 Å². The number of nitrogens with zero attached hydrogens (tertiary/aromatic N) is 4.